The zero-order valence-corrected chi connectivity index (χ0v) is 9.79. The molecule has 2 rings (SSSR count). The summed E-state index contributed by atoms with van der Waals surface area (Å²) in [5.74, 6) is -0.281. The molecule has 0 saturated carbocycles. The quantitative estimate of drug-likeness (QED) is 0.770. The number of Topliss-reactive ketones (excluding diaryl/α,β-unsaturated/α-hetero) is 1. The van der Waals surface area contributed by atoms with Crippen LogP contribution in [0.15, 0.2) is 12.1 Å². The van der Waals surface area contributed by atoms with E-state index in [0.717, 1.165) is 19.4 Å². The first kappa shape index (κ1) is 11.9. The maximum atomic E-state index is 11.7. The fourth-order valence-corrected chi connectivity index (χ4v) is 1.84. The Bertz CT molecular complexity index is 419. The number of hydrogen-bond acceptors (Lipinski definition) is 3. The molecule has 1 aromatic heterocycles. The number of ether oxygens (including phenoxy) is 1. The van der Waals surface area contributed by atoms with Crippen molar-refractivity contribution in [3.8, 4) is 0 Å². The Morgan fingerprint density at radius 3 is 2.82 bits per heavy atom. The van der Waals surface area contributed by atoms with E-state index >= 15 is 0 Å². The predicted octanol–water partition coefficient (Wildman–Crippen LogP) is 1.13. The van der Waals surface area contributed by atoms with Crippen LogP contribution in [0.25, 0.3) is 0 Å². The molecule has 0 aromatic carbocycles. The molecule has 1 aliphatic heterocycles. The molecule has 1 unspecified atom stereocenters. The van der Waals surface area contributed by atoms with Crippen LogP contribution in [0.2, 0.25) is 0 Å². The van der Waals surface area contributed by atoms with Crippen molar-refractivity contribution in [2.75, 3.05) is 13.2 Å². The van der Waals surface area contributed by atoms with Crippen molar-refractivity contribution in [1.29, 1.82) is 0 Å². The van der Waals surface area contributed by atoms with E-state index in [1.165, 1.54) is 6.92 Å². The Hall–Kier alpha value is -1.62. The highest BCUT2D eigenvalue weighted by molar-refractivity contribution is 5.97. The molecule has 1 aromatic rings. The molecule has 2 N–H and O–H groups in total. The lowest BCUT2D eigenvalue weighted by molar-refractivity contribution is 0.0854. The number of carbonyl (C=O) groups is 2. The second-order valence-electron chi connectivity index (χ2n) is 4.19. The molecule has 1 aliphatic rings. The van der Waals surface area contributed by atoms with E-state index in [9.17, 15) is 9.59 Å². The zero-order chi connectivity index (χ0) is 12.3. The molecule has 0 bridgehead atoms. The third-order valence-corrected chi connectivity index (χ3v) is 2.82. The summed E-state index contributed by atoms with van der Waals surface area (Å²) in [6, 6.07) is 3.23. The largest absolute Gasteiger partial charge is 0.376 e. The number of hydrogen-bond donors (Lipinski definition) is 2. The lowest BCUT2D eigenvalue weighted by Gasteiger charge is -2.09. The van der Waals surface area contributed by atoms with Gasteiger partial charge in [-0.2, -0.15) is 0 Å². The summed E-state index contributed by atoms with van der Waals surface area (Å²) in [7, 11) is 0. The molecule has 0 aliphatic carbocycles. The first-order chi connectivity index (χ1) is 8.16. The maximum Gasteiger partial charge on any atom is 0.267 e. The number of nitrogens with one attached hydrogen (secondary N) is 2. The van der Waals surface area contributed by atoms with Gasteiger partial charge in [-0.25, -0.2) is 0 Å². The van der Waals surface area contributed by atoms with Gasteiger partial charge in [0, 0.05) is 20.1 Å². The van der Waals surface area contributed by atoms with Crippen molar-refractivity contribution in [2.45, 2.75) is 25.9 Å². The van der Waals surface area contributed by atoms with Gasteiger partial charge >= 0.3 is 0 Å². The van der Waals surface area contributed by atoms with Crippen molar-refractivity contribution in [2.24, 2.45) is 0 Å². The molecular formula is C12H16N2O3. The van der Waals surface area contributed by atoms with Gasteiger partial charge in [-0.3, -0.25) is 9.59 Å². The number of rotatable bonds is 4. The van der Waals surface area contributed by atoms with Crippen molar-refractivity contribution in [3.63, 3.8) is 0 Å². The third-order valence-electron chi connectivity index (χ3n) is 2.82. The molecule has 1 saturated heterocycles. The van der Waals surface area contributed by atoms with E-state index in [0.29, 0.717) is 17.9 Å². The Balaban J connectivity index is 1.87. The van der Waals surface area contributed by atoms with Gasteiger partial charge in [-0.15, -0.1) is 0 Å². The normalized spacial score (nSPS) is 19.2. The van der Waals surface area contributed by atoms with Gasteiger partial charge in [0.2, 0.25) is 0 Å². The van der Waals surface area contributed by atoms with Crippen molar-refractivity contribution in [1.82, 2.24) is 10.3 Å². The number of carbonyl (C=O) groups excluding carboxylic acids is 2. The summed E-state index contributed by atoms with van der Waals surface area (Å²) in [6.45, 7) is 2.75. The van der Waals surface area contributed by atoms with Crippen LogP contribution in [0.4, 0.5) is 0 Å². The van der Waals surface area contributed by atoms with Crippen LogP contribution in [0, 0.1) is 0 Å². The lowest BCUT2D eigenvalue weighted by Crippen LogP contribution is -2.31. The second-order valence-corrected chi connectivity index (χ2v) is 4.19. The molecule has 1 atom stereocenters. The Morgan fingerprint density at radius 2 is 2.24 bits per heavy atom. The molecule has 17 heavy (non-hydrogen) atoms. The first-order valence-corrected chi connectivity index (χ1v) is 5.76. The monoisotopic (exact) mass is 236 g/mol. The summed E-state index contributed by atoms with van der Waals surface area (Å²) in [4.78, 5) is 25.6. The zero-order valence-electron chi connectivity index (χ0n) is 9.79. The van der Waals surface area contributed by atoms with Gasteiger partial charge in [0.15, 0.2) is 5.78 Å². The molecular weight excluding hydrogens is 220 g/mol. The number of aromatic nitrogens is 1. The van der Waals surface area contributed by atoms with Gasteiger partial charge in [-0.1, -0.05) is 0 Å². The van der Waals surface area contributed by atoms with E-state index in [1.54, 1.807) is 12.1 Å². The second kappa shape index (κ2) is 5.14. The molecule has 5 nitrogen and oxygen atoms in total. The minimum absolute atomic E-state index is 0.0804. The third kappa shape index (κ3) is 2.94. The minimum atomic E-state index is -0.201. The summed E-state index contributed by atoms with van der Waals surface area (Å²) < 4.78 is 5.40. The van der Waals surface area contributed by atoms with Gasteiger partial charge in [0.1, 0.15) is 5.69 Å². The standard InChI is InChI=1S/C12H16N2O3/c1-8(15)10-4-5-11(14-10)12(16)13-7-9-3-2-6-17-9/h4-5,9,14H,2-3,6-7H2,1H3,(H,13,16). The molecule has 0 radical (unpaired) electrons. The summed E-state index contributed by atoms with van der Waals surface area (Å²) >= 11 is 0. The molecule has 5 heteroatoms. The highest BCUT2D eigenvalue weighted by atomic mass is 16.5. The van der Waals surface area contributed by atoms with Crippen LogP contribution < -0.4 is 5.32 Å². The number of H-pyrrole nitrogens is 1. The van der Waals surface area contributed by atoms with E-state index in [-0.39, 0.29) is 17.8 Å². The van der Waals surface area contributed by atoms with E-state index in [4.69, 9.17) is 4.74 Å². The van der Waals surface area contributed by atoms with Crippen molar-refractivity contribution in [3.05, 3.63) is 23.5 Å². The molecule has 92 valence electrons. The number of amides is 1. The Kier molecular flexibility index (Phi) is 3.58. The van der Waals surface area contributed by atoms with Gasteiger partial charge in [0.25, 0.3) is 5.91 Å². The number of ketones is 1. The average Bonchev–Trinajstić information content (AvgIpc) is 2.96. The van der Waals surface area contributed by atoms with Gasteiger partial charge < -0.3 is 15.0 Å². The van der Waals surface area contributed by atoms with Gasteiger partial charge in [-0.05, 0) is 25.0 Å². The molecule has 2 heterocycles. The number of aromatic amines is 1. The fourth-order valence-electron chi connectivity index (χ4n) is 1.84. The van der Waals surface area contributed by atoms with Crippen LogP contribution >= 0.6 is 0 Å². The highest BCUT2D eigenvalue weighted by Crippen LogP contribution is 2.11. The van der Waals surface area contributed by atoms with Crippen LogP contribution in [0.3, 0.4) is 0 Å². The van der Waals surface area contributed by atoms with Crippen molar-refractivity contribution >= 4 is 11.7 Å². The van der Waals surface area contributed by atoms with Crippen molar-refractivity contribution < 1.29 is 14.3 Å². The Morgan fingerprint density at radius 1 is 1.47 bits per heavy atom. The molecule has 1 fully saturated rings. The van der Waals surface area contributed by atoms with Gasteiger partial charge in [0.05, 0.1) is 11.8 Å². The van der Waals surface area contributed by atoms with E-state index in [1.807, 2.05) is 0 Å². The first-order valence-electron chi connectivity index (χ1n) is 5.76. The topological polar surface area (TPSA) is 71.2 Å². The van der Waals surface area contributed by atoms with Crippen LogP contribution in [-0.4, -0.2) is 35.9 Å². The molecule has 0 spiro atoms. The smallest absolute Gasteiger partial charge is 0.267 e. The summed E-state index contributed by atoms with van der Waals surface area (Å²) in [5.41, 5.74) is 0.862. The summed E-state index contributed by atoms with van der Waals surface area (Å²) in [6.07, 6.45) is 2.17. The minimum Gasteiger partial charge on any atom is -0.376 e. The molecule has 1 amide bonds. The SMILES string of the molecule is CC(=O)c1ccc(C(=O)NCC2CCCO2)[nH]1. The van der Waals surface area contributed by atoms with E-state index in [2.05, 4.69) is 10.3 Å². The fraction of sp³-hybridized carbons (Fsp3) is 0.500. The Labute approximate surface area is 99.5 Å². The maximum absolute atomic E-state index is 11.7. The summed E-state index contributed by atoms with van der Waals surface area (Å²) in [5, 5.41) is 2.79. The average molecular weight is 236 g/mol. The van der Waals surface area contributed by atoms with E-state index < -0.39 is 0 Å². The predicted molar refractivity (Wildman–Crippen MR) is 62.1 cm³/mol. The highest BCUT2D eigenvalue weighted by Gasteiger charge is 2.17. The van der Waals surface area contributed by atoms with Crippen LogP contribution in [0.1, 0.15) is 40.7 Å². The van der Waals surface area contributed by atoms with Crippen LogP contribution in [-0.2, 0) is 4.74 Å². The van der Waals surface area contributed by atoms with Crippen LogP contribution in [0.5, 0.6) is 0 Å². The lowest BCUT2D eigenvalue weighted by atomic mass is 10.2.